The Bertz CT molecular complexity index is 2790. The molecule has 8 bridgehead atoms. The van der Waals surface area contributed by atoms with Gasteiger partial charge in [-0.25, -0.2) is 9.97 Å². The van der Waals surface area contributed by atoms with Gasteiger partial charge in [0, 0.05) is 45.0 Å². The molecule has 0 spiro atoms. The molecule has 0 saturated heterocycles. The zero-order valence-corrected chi connectivity index (χ0v) is 35.1. The highest BCUT2D eigenvalue weighted by molar-refractivity contribution is 5.99. The lowest BCUT2D eigenvalue weighted by Gasteiger charge is -2.08. The number of aromatic amines is 2. The van der Waals surface area contributed by atoms with E-state index in [-0.39, 0.29) is 0 Å². The SMILES string of the molecule is CCCCc1ccc(-c2c3nc(c(-c4ccc(CCCC)cc4)c4ccc([nH]4)c(-c4ccccn4)c4nc(c(-c5ccc(CCCC)cc5)c5ccc2[nH]5)C=C4)C=C3)cc1. The number of rotatable bonds is 13. The number of aromatic nitrogens is 5. The quantitative estimate of drug-likeness (QED) is 0.122. The van der Waals surface area contributed by atoms with E-state index in [2.05, 4.69) is 158 Å². The average Bonchev–Trinajstić information content (AvgIpc) is 4.14. The van der Waals surface area contributed by atoms with Gasteiger partial charge in [-0.2, -0.15) is 0 Å². The minimum Gasteiger partial charge on any atom is -0.354 e. The van der Waals surface area contributed by atoms with Crippen molar-refractivity contribution in [3.63, 3.8) is 0 Å². The lowest BCUT2D eigenvalue weighted by atomic mass is 10.00. The highest BCUT2D eigenvalue weighted by atomic mass is 14.8. The Balaban J connectivity index is 1.37. The number of nitrogens with one attached hydrogen (secondary N) is 2. The highest BCUT2D eigenvalue weighted by Crippen LogP contribution is 2.38. The molecule has 5 heteroatoms. The van der Waals surface area contributed by atoms with Crippen LogP contribution in [0.1, 0.15) is 98.8 Å². The van der Waals surface area contributed by atoms with Gasteiger partial charge in [-0.05, 0) is 133 Å². The third-order valence-electron chi connectivity index (χ3n) is 11.9. The van der Waals surface area contributed by atoms with Crippen LogP contribution < -0.4 is 0 Å². The maximum Gasteiger partial charge on any atom is 0.0753 e. The second-order valence-electron chi connectivity index (χ2n) is 16.1. The molecule has 60 heavy (non-hydrogen) atoms. The van der Waals surface area contributed by atoms with Crippen molar-refractivity contribution in [3.05, 3.63) is 161 Å². The molecule has 6 heterocycles. The van der Waals surface area contributed by atoms with Crippen molar-refractivity contribution in [1.29, 1.82) is 0 Å². The second-order valence-corrected chi connectivity index (χ2v) is 16.1. The van der Waals surface area contributed by atoms with Crippen LogP contribution in [0.4, 0.5) is 0 Å². The largest absolute Gasteiger partial charge is 0.354 e. The predicted molar refractivity (Wildman–Crippen MR) is 254 cm³/mol. The standard InChI is InChI=1S/C55H53N5/c1-4-7-12-37-16-22-40(23-17-37)52-44-28-30-46(57-44)53(41-24-18-38(19-25-41)13-8-5-2)48-32-34-50(59-48)55(43-15-10-11-36-56-43)51-35-33-49(60-51)54(47-31-29-45(52)58-47)42-26-20-39(21-27-42)14-9-6-3/h10-11,15-36,57,60H,4-9,12-14H2,1-3H3. The van der Waals surface area contributed by atoms with E-state index in [9.17, 15) is 0 Å². The van der Waals surface area contributed by atoms with Crippen molar-refractivity contribution in [2.75, 3.05) is 0 Å². The Kier molecular flexibility index (Phi) is 11.5. The second kappa shape index (κ2) is 17.7. The summed E-state index contributed by atoms with van der Waals surface area (Å²) in [5, 5.41) is 0. The molecule has 5 nitrogen and oxygen atoms in total. The number of H-pyrrole nitrogens is 2. The summed E-state index contributed by atoms with van der Waals surface area (Å²) in [5.41, 5.74) is 20.0. The Morgan fingerprint density at radius 2 is 0.733 bits per heavy atom. The molecule has 0 atom stereocenters. The number of hydrogen-bond donors (Lipinski definition) is 2. The Hall–Kier alpha value is -6.59. The smallest absolute Gasteiger partial charge is 0.0753 e. The van der Waals surface area contributed by atoms with E-state index in [0.29, 0.717) is 0 Å². The first-order valence-corrected chi connectivity index (χ1v) is 22.0. The number of aryl methyl sites for hydroxylation is 3. The molecule has 0 radical (unpaired) electrons. The van der Waals surface area contributed by atoms with Gasteiger partial charge in [0.15, 0.2) is 0 Å². The Morgan fingerprint density at radius 3 is 1.07 bits per heavy atom. The first kappa shape index (κ1) is 38.9. The lowest BCUT2D eigenvalue weighted by molar-refractivity contribution is 0.795. The van der Waals surface area contributed by atoms with Crippen LogP contribution >= 0.6 is 0 Å². The first-order chi connectivity index (χ1) is 29.6. The van der Waals surface area contributed by atoms with E-state index in [1.54, 1.807) is 0 Å². The van der Waals surface area contributed by atoms with E-state index >= 15 is 0 Å². The molecule has 2 N–H and O–H groups in total. The normalized spacial score (nSPS) is 12.1. The maximum absolute atomic E-state index is 5.51. The van der Waals surface area contributed by atoms with Crippen LogP contribution in [0.5, 0.6) is 0 Å². The Morgan fingerprint density at radius 1 is 0.383 bits per heavy atom. The van der Waals surface area contributed by atoms with Gasteiger partial charge < -0.3 is 9.97 Å². The number of fused-ring (bicyclic) bond motifs is 8. The molecule has 9 rings (SSSR count). The van der Waals surface area contributed by atoms with Crippen molar-refractivity contribution in [3.8, 4) is 44.6 Å². The first-order valence-electron chi connectivity index (χ1n) is 22.0. The fourth-order valence-electron chi connectivity index (χ4n) is 8.55. The number of unbranched alkanes of at least 4 members (excludes halogenated alkanes) is 3. The molecular weight excluding hydrogens is 731 g/mol. The Labute approximate surface area is 354 Å². The molecule has 4 aromatic heterocycles. The van der Waals surface area contributed by atoms with E-state index in [4.69, 9.17) is 15.0 Å². The summed E-state index contributed by atoms with van der Waals surface area (Å²) >= 11 is 0. The van der Waals surface area contributed by atoms with E-state index in [1.165, 1.54) is 55.2 Å². The minimum absolute atomic E-state index is 0.858. The third kappa shape index (κ3) is 8.05. The van der Waals surface area contributed by atoms with Gasteiger partial charge in [0.2, 0.25) is 0 Å². The molecule has 0 unspecified atom stereocenters. The lowest BCUT2D eigenvalue weighted by Crippen LogP contribution is -1.91. The number of pyridine rings is 1. The maximum atomic E-state index is 5.51. The molecule has 298 valence electrons. The molecule has 0 aliphatic carbocycles. The van der Waals surface area contributed by atoms with Gasteiger partial charge in [-0.15, -0.1) is 0 Å². The van der Waals surface area contributed by atoms with Crippen LogP contribution in [-0.2, 0) is 19.3 Å². The topological polar surface area (TPSA) is 70.2 Å². The molecule has 0 amide bonds. The summed E-state index contributed by atoms with van der Waals surface area (Å²) in [5.74, 6) is 0. The minimum atomic E-state index is 0.858. The van der Waals surface area contributed by atoms with Crippen LogP contribution in [0.3, 0.4) is 0 Å². The van der Waals surface area contributed by atoms with Gasteiger partial charge >= 0.3 is 0 Å². The molecule has 7 aromatic rings. The summed E-state index contributed by atoms with van der Waals surface area (Å²) in [4.78, 5) is 23.6. The summed E-state index contributed by atoms with van der Waals surface area (Å²) in [6.45, 7) is 6.74. The van der Waals surface area contributed by atoms with E-state index < -0.39 is 0 Å². The van der Waals surface area contributed by atoms with E-state index in [1.807, 2.05) is 18.3 Å². The number of benzene rings is 3. The summed E-state index contributed by atoms with van der Waals surface area (Å²) in [6, 6.07) is 42.1. The van der Waals surface area contributed by atoms with Crippen molar-refractivity contribution >= 4 is 46.4 Å². The number of hydrogen-bond acceptors (Lipinski definition) is 3. The van der Waals surface area contributed by atoms with E-state index in [0.717, 1.165) is 109 Å². The summed E-state index contributed by atoms with van der Waals surface area (Å²) in [6.07, 6.45) is 20.8. The molecule has 0 fully saturated rings. The zero-order valence-electron chi connectivity index (χ0n) is 35.1. The highest BCUT2D eigenvalue weighted by Gasteiger charge is 2.19. The van der Waals surface area contributed by atoms with Crippen molar-refractivity contribution < 1.29 is 0 Å². The molecule has 2 aliphatic rings. The van der Waals surface area contributed by atoms with Crippen LogP contribution in [-0.4, -0.2) is 24.9 Å². The summed E-state index contributed by atoms with van der Waals surface area (Å²) in [7, 11) is 0. The molecule has 0 saturated carbocycles. The van der Waals surface area contributed by atoms with Crippen molar-refractivity contribution in [2.45, 2.75) is 78.6 Å². The summed E-state index contributed by atoms with van der Waals surface area (Å²) < 4.78 is 0. The zero-order chi connectivity index (χ0) is 40.8. The van der Waals surface area contributed by atoms with Gasteiger partial charge in [0.25, 0.3) is 0 Å². The van der Waals surface area contributed by atoms with Crippen molar-refractivity contribution in [2.24, 2.45) is 0 Å². The van der Waals surface area contributed by atoms with Gasteiger partial charge in [-0.3, -0.25) is 4.98 Å². The fraction of sp³-hybridized carbons (Fsp3) is 0.218. The molecule has 2 aliphatic heterocycles. The van der Waals surface area contributed by atoms with Crippen molar-refractivity contribution in [1.82, 2.24) is 24.9 Å². The van der Waals surface area contributed by atoms with Gasteiger partial charge in [0.05, 0.1) is 34.0 Å². The number of nitrogens with zero attached hydrogens (tertiary/aromatic N) is 3. The average molecular weight is 784 g/mol. The van der Waals surface area contributed by atoms with Gasteiger partial charge in [0.1, 0.15) is 0 Å². The van der Waals surface area contributed by atoms with Gasteiger partial charge in [-0.1, -0.05) is 119 Å². The molecular formula is C55H53N5. The third-order valence-corrected chi connectivity index (χ3v) is 11.9. The fourth-order valence-corrected chi connectivity index (χ4v) is 8.55. The van der Waals surface area contributed by atoms with Crippen LogP contribution in [0.15, 0.2) is 121 Å². The monoisotopic (exact) mass is 783 g/mol. The molecule has 3 aromatic carbocycles. The predicted octanol–water partition coefficient (Wildman–Crippen LogP) is 14.7. The van der Waals surface area contributed by atoms with Crippen LogP contribution in [0.2, 0.25) is 0 Å². The van der Waals surface area contributed by atoms with Crippen LogP contribution in [0.25, 0.3) is 91.0 Å². The van der Waals surface area contributed by atoms with Crippen LogP contribution in [0, 0.1) is 0 Å².